The lowest BCUT2D eigenvalue weighted by atomic mass is 10.1. The van der Waals surface area contributed by atoms with Gasteiger partial charge in [-0.05, 0) is 11.1 Å². The number of aliphatic hydroxyl groups excluding tert-OH is 1. The Bertz CT molecular complexity index is 597. The predicted molar refractivity (Wildman–Crippen MR) is 71.7 cm³/mol. The quantitative estimate of drug-likeness (QED) is 0.846. The van der Waals surface area contributed by atoms with Crippen LogP contribution in [0.1, 0.15) is 23.6 Å². The Hall–Kier alpha value is -2.21. The molecular weight excluding hydrogens is 256 g/mol. The van der Waals surface area contributed by atoms with Gasteiger partial charge in [-0.3, -0.25) is 9.48 Å². The van der Waals surface area contributed by atoms with Crippen molar-refractivity contribution >= 4 is 5.91 Å². The van der Waals surface area contributed by atoms with Crippen molar-refractivity contribution in [3.63, 3.8) is 0 Å². The summed E-state index contributed by atoms with van der Waals surface area (Å²) < 4.78 is 1.61. The van der Waals surface area contributed by atoms with Crippen molar-refractivity contribution in [3.05, 3.63) is 47.8 Å². The van der Waals surface area contributed by atoms with Gasteiger partial charge in [0.25, 0.3) is 0 Å². The van der Waals surface area contributed by atoms with Gasteiger partial charge in [0.15, 0.2) is 0 Å². The molecule has 0 saturated heterocycles. The molecule has 1 aliphatic carbocycles. The molecule has 1 aromatic carbocycles. The van der Waals surface area contributed by atoms with E-state index >= 15 is 0 Å². The Morgan fingerprint density at radius 1 is 1.45 bits per heavy atom. The number of aliphatic hydroxyl groups is 1. The van der Waals surface area contributed by atoms with Crippen molar-refractivity contribution in [1.82, 2.24) is 20.3 Å². The maximum Gasteiger partial charge on any atom is 0.222 e. The van der Waals surface area contributed by atoms with Crippen molar-refractivity contribution in [2.45, 2.75) is 31.5 Å². The summed E-state index contributed by atoms with van der Waals surface area (Å²) in [6.07, 6.45) is 3.64. The first-order valence-electron chi connectivity index (χ1n) is 6.63. The van der Waals surface area contributed by atoms with Gasteiger partial charge in [0.05, 0.1) is 24.9 Å². The minimum atomic E-state index is -0.553. The number of aryl methyl sites for hydroxylation is 1. The van der Waals surface area contributed by atoms with Gasteiger partial charge in [-0.15, -0.1) is 5.10 Å². The molecular formula is C14H16N4O2. The van der Waals surface area contributed by atoms with E-state index in [1.165, 1.54) is 0 Å². The number of carbonyl (C=O) groups is 1. The fourth-order valence-electron chi connectivity index (χ4n) is 2.56. The summed E-state index contributed by atoms with van der Waals surface area (Å²) in [7, 11) is 0. The van der Waals surface area contributed by atoms with Gasteiger partial charge in [-0.25, -0.2) is 0 Å². The standard InChI is InChI=1S/C14H16N4O2/c19-12-9-10-3-1-2-4-11(10)14(12)16-13(20)5-7-18-8-6-15-17-18/h1-4,6,8,12,14,19H,5,7,9H2,(H,16,20)/t12-,14+/m1/s1. The molecule has 0 bridgehead atoms. The molecule has 0 fully saturated rings. The Morgan fingerprint density at radius 3 is 3.10 bits per heavy atom. The highest BCUT2D eigenvalue weighted by Crippen LogP contribution is 2.31. The van der Waals surface area contributed by atoms with Gasteiger partial charge in [-0.1, -0.05) is 29.5 Å². The first kappa shape index (κ1) is 12.8. The molecule has 2 aromatic rings. The number of aromatic nitrogens is 3. The number of fused-ring (bicyclic) bond motifs is 1. The number of nitrogens with zero attached hydrogens (tertiary/aromatic N) is 3. The lowest BCUT2D eigenvalue weighted by molar-refractivity contribution is -0.122. The molecule has 0 unspecified atom stereocenters. The number of carbonyl (C=O) groups excluding carboxylic acids is 1. The second-order valence-electron chi connectivity index (χ2n) is 4.93. The maximum absolute atomic E-state index is 12.0. The van der Waals surface area contributed by atoms with Crippen molar-refractivity contribution in [3.8, 4) is 0 Å². The normalized spacial score (nSPS) is 20.6. The van der Waals surface area contributed by atoms with Crippen LogP contribution in [0.5, 0.6) is 0 Å². The summed E-state index contributed by atoms with van der Waals surface area (Å²) in [5, 5.41) is 20.5. The summed E-state index contributed by atoms with van der Waals surface area (Å²) in [6.45, 7) is 0.482. The predicted octanol–water partition coefficient (Wildman–Crippen LogP) is 0.443. The largest absolute Gasteiger partial charge is 0.390 e. The fourth-order valence-corrected chi connectivity index (χ4v) is 2.56. The minimum absolute atomic E-state index is 0.0961. The Kier molecular flexibility index (Phi) is 3.47. The van der Waals surface area contributed by atoms with Gasteiger partial charge in [0.2, 0.25) is 5.91 Å². The van der Waals surface area contributed by atoms with E-state index in [-0.39, 0.29) is 11.9 Å². The molecule has 0 saturated carbocycles. The zero-order chi connectivity index (χ0) is 13.9. The highest BCUT2D eigenvalue weighted by Gasteiger charge is 2.31. The van der Waals surface area contributed by atoms with Gasteiger partial charge >= 0.3 is 0 Å². The Morgan fingerprint density at radius 2 is 2.30 bits per heavy atom. The molecule has 0 aliphatic heterocycles. The smallest absolute Gasteiger partial charge is 0.222 e. The zero-order valence-electron chi connectivity index (χ0n) is 10.9. The number of nitrogens with one attached hydrogen (secondary N) is 1. The molecule has 6 nitrogen and oxygen atoms in total. The van der Waals surface area contributed by atoms with Crippen LogP contribution in [0.3, 0.4) is 0 Å². The van der Waals surface area contributed by atoms with Gasteiger partial charge in [-0.2, -0.15) is 0 Å². The molecule has 1 aliphatic rings. The number of hydrogen-bond donors (Lipinski definition) is 2. The molecule has 0 radical (unpaired) electrons. The van der Waals surface area contributed by atoms with E-state index in [2.05, 4.69) is 15.6 Å². The first-order chi connectivity index (χ1) is 9.74. The van der Waals surface area contributed by atoms with Crippen molar-refractivity contribution < 1.29 is 9.90 Å². The number of hydrogen-bond acceptors (Lipinski definition) is 4. The van der Waals surface area contributed by atoms with Crippen LogP contribution < -0.4 is 5.32 Å². The van der Waals surface area contributed by atoms with Crippen molar-refractivity contribution in [1.29, 1.82) is 0 Å². The molecule has 104 valence electrons. The average Bonchev–Trinajstić information content (AvgIpc) is 3.06. The molecule has 1 aromatic heterocycles. The van der Waals surface area contributed by atoms with Crippen molar-refractivity contribution in [2.75, 3.05) is 0 Å². The lowest BCUT2D eigenvalue weighted by Crippen LogP contribution is -2.34. The fraction of sp³-hybridized carbons (Fsp3) is 0.357. The SMILES string of the molecule is O=C(CCn1ccnn1)N[C@H]1c2ccccc2C[C@H]1O. The minimum Gasteiger partial charge on any atom is -0.390 e. The molecule has 2 N–H and O–H groups in total. The monoisotopic (exact) mass is 272 g/mol. The van der Waals surface area contributed by atoms with Crippen LogP contribution in [0, 0.1) is 0 Å². The number of benzene rings is 1. The van der Waals surface area contributed by atoms with Gasteiger partial charge in [0.1, 0.15) is 0 Å². The Labute approximate surface area is 116 Å². The zero-order valence-corrected chi connectivity index (χ0v) is 10.9. The van der Waals surface area contributed by atoms with E-state index in [0.717, 1.165) is 11.1 Å². The third-order valence-corrected chi connectivity index (χ3v) is 3.56. The van der Waals surface area contributed by atoms with E-state index in [4.69, 9.17) is 0 Å². The van der Waals surface area contributed by atoms with Crippen LogP contribution in [0.25, 0.3) is 0 Å². The van der Waals surface area contributed by atoms with Crippen LogP contribution in [0.15, 0.2) is 36.7 Å². The second kappa shape index (κ2) is 5.42. The summed E-state index contributed by atoms with van der Waals surface area (Å²) in [5.41, 5.74) is 2.11. The van der Waals surface area contributed by atoms with Crippen LogP contribution in [-0.4, -0.2) is 32.1 Å². The maximum atomic E-state index is 12.0. The highest BCUT2D eigenvalue weighted by atomic mass is 16.3. The van der Waals surface area contributed by atoms with Crippen LogP contribution in [0.2, 0.25) is 0 Å². The van der Waals surface area contributed by atoms with Gasteiger partial charge < -0.3 is 10.4 Å². The number of amides is 1. The van der Waals surface area contributed by atoms with E-state index in [1.54, 1.807) is 17.1 Å². The summed E-state index contributed by atoms with van der Waals surface area (Å²) in [4.78, 5) is 12.0. The van der Waals surface area contributed by atoms with Crippen LogP contribution >= 0.6 is 0 Å². The second-order valence-corrected chi connectivity index (χ2v) is 4.93. The Balaban J connectivity index is 1.61. The average molecular weight is 272 g/mol. The first-order valence-corrected chi connectivity index (χ1v) is 6.63. The van der Waals surface area contributed by atoms with E-state index in [9.17, 15) is 9.90 Å². The summed E-state index contributed by atoms with van der Waals surface area (Å²) in [5.74, 6) is -0.0961. The molecule has 20 heavy (non-hydrogen) atoms. The highest BCUT2D eigenvalue weighted by molar-refractivity contribution is 5.76. The molecule has 6 heteroatoms. The third kappa shape index (κ3) is 2.55. The lowest BCUT2D eigenvalue weighted by Gasteiger charge is -2.17. The molecule has 3 rings (SSSR count). The molecule has 0 spiro atoms. The van der Waals surface area contributed by atoms with Gasteiger partial charge in [0, 0.05) is 19.0 Å². The summed E-state index contributed by atoms with van der Waals surface area (Å²) >= 11 is 0. The number of rotatable bonds is 4. The third-order valence-electron chi connectivity index (χ3n) is 3.56. The topological polar surface area (TPSA) is 80.0 Å². The molecule has 1 heterocycles. The van der Waals surface area contributed by atoms with Crippen molar-refractivity contribution in [2.24, 2.45) is 0 Å². The summed E-state index contributed by atoms with van der Waals surface area (Å²) in [6, 6.07) is 7.49. The van der Waals surface area contributed by atoms with E-state index in [1.807, 2.05) is 24.3 Å². The molecule has 2 atom stereocenters. The van der Waals surface area contributed by atoms with Crippen LogP contribution in [-0.2, 0) is 17.8 Å². The van der Waals surface area contributed by atoms with E-state index in [0.29, 0.717) is 19.4 Å². The van der Waals surface area contributed by atoms with E-state index < -0.39 is 6.10 Å². The van der Waals surface area contributed by atoms with Crippen LogP contribution in [0.4, 0.5) is 0 Å². The molecule has 1 amide bonds.